The van der Waals surface area contributed by atoms with E-state index in [9.17, 15) is 13.2 Å². The molecular formula is C22H27ClN2O5S. The molecule has 1 N–H and O–H groups in total. The summed E-state index contributed by atoms with van der Waals surface area (Å²) in [7, 11) is -2.16. The highest BCUT2D eigenvalue weighted by atomic mass is 35.5. The molecule has 31 heavy (non-hydrogen) atoms. The highest BCUT2D eigenvalue weighted by molar-refractivity contribution is 7.89. The van der Waals surface area contributed by atoms with E-state index in [1.165, 1.54) is 16.4 Å². The van der Waals surface area contributed by atoms with Crippen LogP contribution in [0.2, 0.25) is 5.02 Å². The average Bonchev–Trinajstić information content (AvgIpc) is 2.79. The molecule has 1 saturated heterocycles. The van der Waals surface area contributed by atoms with Gasteiger partial charge in [-0.25, -0.2) is 8.42 Å². The highest BCUT2D eigenvalue weighted by Gasteiger charge is 2.33. The topological polar surface area (TPSA) is 84.9 Å². The number of hydrogen-bond acceptors (Lipinski definition) is 5. The van der Waals surface area contributed by atoms with Gasteiger partial charge in [-0.3, -0.25) is 4.79 Å². The fourth-order valence-electron chi connectivity index (χ4n) is 3.52. The Kier molecular flexibility index (Phi) is 7.80. The van der Waals surface area contributed by atoms with Gasteiger partial charge in [0.2, 0.25) is 15.9 Å². The van der Waals surface area contributed by atoms with E-state index in [1.54, 1.807) is 13.2 Å². The van der Waals surface area contributed by atoms with Gasteiger partial charge in [0.15, 0.2) is 0 Å². The first-order chi connectivity index (χ1) is 14.8. The minimum absolute atomic E-state index is 0.0974. The number of carbonyl (C=O) groups excluding carboxylic acids is 1. The van der Waals surface area contributed by atoms with Crippen molar-refractivity contribution in [3.05, 3.63) is 53.1 Å². The molecule has 2 aromatic rings. The summed E-state index contributed by atoms with van der Waals surface area (Å²) in [6.45, 7) is 3.15. The lowest BCUT2D eigenvalue weighted by molar-refractivity contribution is -0.126. The van der Waals surface area contributed by atoms with Gasteiger partial charge in [0, 0.05) is 19.6 Å². The fraction of sp³-hybridized carbons (Fsp3) is 0.409. The lowest BCUT2D eigenvalue weighted by atomic mass is 9.99. The van der Waals surface area contributed by atoms with Gasteiger partial charge in [-0.1, -0.05) is 23.7 Å². The molecule has 0 unspecified atom stereocenters. The molecule has 1 aliphatic heterocycles. The second-order valence-electron chi connectivity index (χ2n) is 7.29. The van der Waals surface area contributed by atoms with E-state index in [2.05, 4.69) is 5.32 Å². The molecule has 1 atom stereocenters. The Labute approximate surface area is 188 Å². The number of rotatable bonds is 8. The number of nitrogens with zero attached hydrogens (tertiary/aromatic N) is 1. The standard InChI is InChI=1S/C22H27ClN2O5S/c1-3-30-21-11-10-19(13-20(21)23)31(27,28)25-12-4-5-17(15-25)22(26)24-14-16-6-8-18(29-2)9-7-16/h6-11,13,17H,3-5,12,14-15H2,1-2H3,(H,24,26)/t17-/m0/s1. The van der Waals surface area contributed by atoms with Crippen molar-refractivity contribution in [2.45, 2.75) is 31.2 Å². The van der Waals surface area contributed by atoms with Crippen molar-refractivity contribution in [1.82, 2.24) is 9.62 Å². The minimum Gasteiger partial charge on any atom is -0.497 e. The number of nitrogens with one attached hydrogen (secondary N) is 1. The van der Waals surface area contributed by atoms with Gasteiger partial charge in [-0.15, -0.1) is 0 Å². The summed E-state index contributed by atoms with van der Waals surface area (Å²) in [5.41, 5.74) is 0.943. The Bertz CT molecular complexity index is 1010. The molecule has 2 aromatic carbocycles. The van der Waals surface area contributed by atoms with Gasteiger partial charge in [-0.2, -0.15) is 4.31 Å². The van der Waals surface area contributed by atoms with E-state index in [-0.39, 0.29) is 22.4 Å². The van der Waals surface area contributed by atoms with E-state index in [1.807, 2.05) is 31.2 Å². The van der Waals surface area contributed by atoms with E-state index < -0.39 is 15.9 Å². The Morgan fingerprint density at radius 1 is 1.23 bits per heavy atom. The summed E-state index contributed by atoms with van der Waals surface area (Å²) in [6.07, 6.45) is 1.26. The molecule has 0 radical (unpaired) electrons. The summed E-state index contributed by atoms with van der Waals surface area (Å²) in [6, 6.07) is 11.9. The molecule has 1 amide bonds. The normalized spacial score (nSPS) is 17.2. The van der Waals surface area contributed by atoms with Crippen LogP contribution in [0.5, 0.6) is 11.5 Å². The second kappa shape index (κ2) is 10.3. The zero-order valence-electron chi connectivity index (χ0n) is 17.6. The van der Waals surface area contributed by atoms with Crippen molar-refractivity contribution in [2.75, 3.05) is 26.8 Å². The Balaban J connectivity index is 1.64. The first-order valence-corrected chi connectivity index (χ1v) is 12.0. The number of methoxy groups -OCH3 is 1. The van der Waals surface area contributed by atoms with Gasteiger partial charge >= 0.3 is 0 Å². The summed E-state index contributed by atoms with van der Waals surface area (Å²) in [5.74, 6) is 0.635. The number of hydrogen-bond donors (Lipinski definition) is 1. The molecule has 0 aromatic heterocycles. The highest BCUT2D eigenvalue weighted by Crippen LogP contribution is 2.30. The summed E-state index contributed by atoms with van der Waals surface area (Å²) in [4.78, 5) is 12.8. The zero-order valence-corrected chi connectivity index (χ0v) is 19.2. The summed E-state index contributed by atoms with van der Waals surface area (Å²) < 4.78 is 38.1. The average molecular weight is 467 g/mol. The minimum atomic E-state index is -3.76. The number of ether oxygens (including phenoxy) is 2. The third kappa shape index (κ3) is 5.70. The van der Waals surface area contributed by atoms with E-state index in [4.69, 9.17) is 21.1 Å². The molecule has 3 rings (SSSR count). The molecule has 1 aliphatic rings. The summed E-state index contributed by atoms with van der Waals surface area (Å²) in [5, 5.41) is 3.15. The molecule has 1 fully saturated rings. The van der Waals surface area contributed by atoms with Crippen LogP contribution in [0.1, 0.15) is 25.3 Å². The third-order valence-corrected chi connectivity index (χ3v) is 7.38. The first kappa shape index (κ1) is 23.4. The molecule has 0 aliphatic carbocycles. The first-order valence-electron chi connectivity index (χ1n) is 10.2. The maximum Gasteiger partial charge on any atom is 0.243 e. The van der Waals surface area contributed by atoms with Crippen molar-refractivity contribution in [2.24, 2.45) is 5.92 Å². The Morgan fingerprint density at radius 3 is 2.61 bits per heavy atom. The van der Waals surface area contributed by atoms with Crippen molar-refractivity contribution in [1.29, 1.82) is 0 Å². The molecule has 0 spiro atoms. The Hall–Kier alpha value is -2.29. The van der Waals surface area contributed by atoms with Crippen LogP contribution >= 0.6 is 11.6 Å². The molecule has 0 saturated carbocycles. The molecule has 0 bridgehead atoms. The fourth-order valence-corrected chi connectivity index (χ4v) is 5.37. The van der Waals surface area contributed by atoms with E-state index in [0.717, 1.165) is 11.3 Å². The molecular weight excluding hydrogens is 440 g/mol. The van der Waals surface area contributed by atoms with Gasteiger partial charge in [0.05, 0.1) is 29.6 Å². The van der Waals surface area contributed by atoms with Gasteiger partial charge < -0.3 is 14.8 Å². The van der Waals surface area contributed by atoms with Gasteiger partial charge in [-0.05, 0) is 55.7 Å². The quantitative estimate of drug-likeness (QED) is 0.644. The maximum atomic E-state index is 13.1. The SMILES string of the molecule is CCOc1ccc(S(=O)(=O)N2CCC[C@H](C(=O)NCc3ccc(OC)cc3)C2)cc1Cl. The predicted octanol–water partition coefficient (Wildman–Crippen LogP) is 3.46. The van der Waals surface area contributed by atoms with Crippen LogP contribution in [0, 0.1) is 5.92 Å². The maximum absolute atomic E-state index is 13.1. The molecule has 9 heteroatoms. The number of carbonyl (C=O) groups is 1. The molecule has 7 nitrogen and oxygen atoms in total. The van der Waals surface area contributed by atoms with Gasteiger partial charge in [0.25, 0.3) is 0 Å². The van der Waals surface area contributed by atoms with Crippen LogP contribution in [0.15, 0.2) is 47.4 Å². The number of sulfonamides is 1. The number of benzene rings is 2. The van der Waals surface area contributed by atoms with E-state index in [0.29, 0.717) is 38.3 Å². The van der Waals surface area contributed by atoms with Crippen molar-refractivity contribution in [3.8, 4) is 11.5 Å². The van der Waals surface area contributed by atoms with Crippen LogP contribution in [-0.4, -0.2) is 45.4 Å². The van der Waals surface area contributed by atoms with E-state index >= 15 is 0 Å². The van der Waals surface area contributed by atoms with Crippen LogP contribution in [0.4, 0.5) is 0 Å². The number of amides is 1. The number of piperidine rings is 1. The van der Waals surface area contributed by atoms with Crippen molar-refractivity contribution >= 4 is 27.5 Å². The van der Waals surface area contributed by atoms with Crippen LogP contribution in [-0.2, 0) is 21.4 Å². The zero-order chi connectivity index (χ0) is 22.4. The van der Waals surface area contributed by atoms with Crippen LogP contribution < -0.4 is 14.8 Å². The smallest absolute Gasteiger partial charge is 0.243 e. The summed E-state index contributed by atoms with van der Waals surface area (Å²) >= 11 is 6.17. The van der Waals surface area contributed by atoms with Crippen LogP contribution in [0.3, 0.4) is 0 Å². The third-order valence-electron chi connectivity index (χ3n) is 5.22. The lowest BCUT2D eigenvalue weighted by Gasteiger charge is -2.31. The monoisotopic (exact) mass is 466 g/mol. The van der Waals surface area contributed by atoms with Crippen LogP contribution in [0.25, 0.3) is 0 Å². The predicted molar refractivity (Wildman–Crippen MR) is 119 cm³/mol. The number of halogens is 1. The van der Waals surface area contributed by atoms with Crippen molar-refractivity contribution in [3.63, 3.8) is 0 Å². The lowest BCUT2D eigenvalue weighted by Crippen LogP contribution is -2.45. The molecule has 168 valence electrons. The molecule has 1 heterocycles. The largest absolute Gasteiger partial charge is 0.497 e. The Morgan fingerprint density at radius 2 is 1.97 bits per heavy atom. The second-order valence-corrected chi connectivity index (χ2v) is 9.64. The van der Waals surface area contributed by atoms with Gasteiger partial charge in [0.1, 0.15) is 11.5 Å². The van der Waals surface area contributed by atoms with Crippen molar-refractivity contribution < 1.29 is 22.7 Å².